The summed E-state index contributed by atoms with van der Waals surface area (Å²) < 4.78 is 9.16. The van der Waals surface area contributed by atoms with Gasteiger partial charge in [0.25, 0.3) is 0 Å². The number of hydrogen-bond donors (Lipinski definition) is 4. The zero-order valence-electron chi connectivity index (χ0n) is 10.9. The SMILES string of the molecule is C.C.CNCNC.CNCOC.CNCOC. The van der Waals surface area contributed by atoms with E-state index in [1.165, 1.54) is 0 Å². The largest absolute Gasteiger partial charge is 0.370 e. The second-order valence-corrected chi connectivity index (χ2v) is 2.46. The molecule has 6 nitrogen and oxygen atoms in total. The van der Waals surface area contributed by atoms with Crippen LogP contribution in [0.3, 0.4) is 0 Å². The molecule has 0 bridgehead atoms. The van der Waals surface area contributed by atoms with Gasteiger partial charge in [-0.1, -0.05) is 14.9 Å². The monoisotopic (exact) mass is 256 g/mol. The third-order valence-corrected chi connectivity index (χ3v) is 0.931. The minimum Gasteiger partial charge on any atom is -0.370 e. The minimum absolute atomic E-state index is 0. The van der Waals surface area contributed by atoms with Crippen LogP contribution < -0.4 is 21.3 Å². The van der Waals surface area contributed by atoms with E-state index >= 15 is 0 Å². The molecular weight excluding hydrogens is 220 g/mol. The normalized spacial score (nSPS) is 7.41. The number of hydrogen-bond acceptors (Lipinski definition) is 6. The molecule has 112 valence electrons. The van der Waals surface area contributed by atoms with Crippen LogP contribution in [-0.2, 0) is 9.47 Å². The summed E-state index contributed by atoms with van der Waals surface area (Å²) in [6.07, 6.45) is 0. The van der Waals surface area contributed by atoms with Gasteiger partial charge in [-0.15, -0.1) is 0 Å². The first-order chi connectivity index (χ1) is 7.24. The van der Waals surface area contributed by atoms with E-state index in [2.05, 4.69) is 30.7 Å². The number of methoxy groups -OCH3 is 2. The molecule has 0 spiro atoms. The van der Waals surface area contributed by atoms with Gasteiger partial charge >= 0.3 is 0 Å². The molecule has 0 saturated heterocycles. The van der Waals surface area contributed by atoms with Crippen molar-refractivity contribution in [1.82, 2.24) is 21.3 Å². The second kappa shape index (κ2) is 44.7. The average Bonchev–Trinajstić information content (AvgIpc) is 2.23. The Hall–Kier alpha value is -0.240. The van der Waals surface area contributed by atoms with Crippen LogP contribution >= 0.6 is 0 Å². The molecule has 0 aliphatic rings. The van der Waals surface area contributed by atoms with E-state index in [9.17, 15) is 0 Å². The van der Waals surface area contributed by atoms with Gasteiger partial charge in [0.2, 0.25) is 0 Å². The van der Waals surface area contributed by atoms with E-state index in [4.69, 9.17) is 0 Å². The highest BCUT2D eigenvalue weighted by Gasteiger charge is 1.62. The van der Waals surface area contributed by atoms with E-state index in [1.54, 1.807) is 14.2 Å². The van der Waals surface area contributed by atoms with E-state index in [0.29, 0.717) is 13.5 Å². The smallest absolute Gasteiger partial charge is 0.0958 e. The molecule has 0 aromatic heterocycles. The van der Waals surface area contributed by atoms with E-state index < -0.39 is 0 Å². The Bertz CT molecular complexity index is 58.2. The van der Waals surface area contributed by atoms with Gasteiger partial charge in [-0.2, -0.15) is 0 Å². The maximum absolute atomic E-state index is 4.58. The lowest BCUT2D eigenvalue weighted by atomic mass is 11.0. The molecular formula is C11H36N4O2. The molecule has 0 rings (SSSR count). The van der Waals surface area contributed by atoms with Crippen molar-refractivity contribution in [2.75, 3.05) is 62.5 Å². The molecule has 0 aliphatic heterocycles. The molecule has 0 radical (unpaired) electrons. The third-order valence-electron chi connectivity index (χ3n) is 0.931. The van der Waals surface area contributed by atoms with E-state index in [-0.39, 0.29) is 14.9 Å². The standard InChI is InChI=1S/C3H10N2.2C3H9NO.2CH4/c3*1-4-3-5-2;;/h4-5H,3H2,1-2H3;2*4H,3H2,1-2H3;2*1H4. The second-order valence-electron chi connectivity index (χ2n) is 2.46. The summed E-state index contributed by atoms with van der Waals surface area (Å²) in [6, 6.07) is 0. The highest BCUT2D eigenvalue weighted by molar-refractivity contribution is 4.22. The maximum Gasteiger partial charge on any atom is 0.0958 e. The molecule has 0 aromatic rings. The fourth-order valence-electron chi connectivity index (χ4n) is 0.465. The highest BCUT2D eigenvalue weighted by Crippen LogP contribution is 1.48. The molecule has 0 atom stereocenters. The van der Waals surface area contributed by atoms with Crippen molar-refractivity contribution in [2.24, 2.45) is 0 Å². The van der Waals surface area contributed by atoms with Crippen LogP contribution in [-0.4, -0.2) is 62.5 Å². The van der Waals surface area contributed by atoms with Gasteiger partial charge in [0.1, 0.15) is 0 Å². The van der Waals surface area contributed by atoms with E-state index in [1.807, 2.05) is 28.2 Å². The molecule has 0 aliphatic carbocycles. The fourth-order valence-corrected chi connectivity index (χ4v) is 0.465. The summed E-state index contributed by atoms with van der Waals surface area (Å²) >= 11 is 0. The van der Waals surface area contributed by atoms with Crippen molar-refractivity contribution in [2.45, 2.75) is 14.9 Å². The van der Waals surface area contributed by atoms with Gasteiger partial charge in [0, 0.05) is 20.9 Å². The first-order valence-electron chi connectivity index (χ1n) is 4.81. The number of rotatable bonds is 6. The van der Waals surface area contributed by atoms with Gasteiger partial charge in [-0.05, 0) is 28.2 Å². The molecule has 0 fully saturated rings. The maximum atomic E-state index is 4.58. The predicted molar refractivity (Wildman–Crippen MR) is 78.3 cm³/mol. The molecule has 6 heteroatoms. The molecule has 0 saturated carbocycles. The first kappa shape index (κ1) is 30.1. The Kier molecular flexibility index (Phi) is 79.2. The van der Waals surface area contributed by atoms with Gasteiger partial charge in [0.15, 0.2) is 0 Å². The molecule has 0 aromatic carbocycles. The van der Waals surface area contributed by atoms with Gasteiger partial charge < -0.3 is 20.1 Å². The molecule has 17 heavy (non-hydrogen) atoms. The van der Waals surface area contributed by atoms with E-state index in [0.717, 1.165) is 6.67 Å². The quantitative estimate of drug-likeness (QED) is 0.512. The molecule has 4 N–H and O–H groups in total. The molecule has 0 unspecified atom stereocenters. The summed E-state index contributed by atoms with van der Waals surface area (Å²) in [6.45, 7) is 2.17. The van der Waals surface area contributed by atoms with Gasteiger partial charge in [-0.25, -0.2) is 0 Å². The van der Waals surface area contributed by atoms with Crippen LogP contribution in [0.4, 0.5) is 0 Å². The fraction of sp³-hybridized carbons (Fsp3) is 1.00. The Morgan fingerprint density at radius 2 is 0.941 bits per heavy atom. The summed E-state index contributed by atoms with van der Waals surface area (Å²) in [5.41, 5.74) is 0. The van der Waals surface area contributed by atoms with Crippen molar-refractivity contribution in [1.29, 1.82) is 0 Å². The summed E-state index contributed by atoms with van der Waals surface area (Å²) in [7, 11) is 10.8. The van der Waals surface area contributed by atoms with Gasteiger partial charge in [-0.3, -0.25) is 10.6 Å². The zero-order chi connectivity index (χ0) is 12.4. The molecule has 0 heterocycles. The Labute approximate surface area is 109 Å². The predicted octanol–water partition coefficient (Wildman–Crippen LogP) is 0.274. The lowest BCUT2D eigenvalue weighted by molar-refractivity contribution is 0.183. The first-order valence-corrected chi connectivity index (χ1v) is 4.81. The number of nitrogens with one attached hydrogen (secondary N) is 4. The van der Waals surface area contributed by atoms with Crippen molar-refractivity contribution >= 4 is 0 Å². The summed E-state index contributed by atoms with van der Waals surface area (Å²) in [5, 5.41) is 11.4. The lowest BCUT2D eigenvalue weighted by Gasteiger charge is -1.88. The van der Waals surface area contributed by atoms with Crippen molar-refractivity contribution in [3.8, 4) is 0 Å². The van der Waals surface area contributed by atoms with Crippen molar-refractivity contribution in [3.63, 3.8) is 0 Å². The lowest BCUT2D eigenvalue weighted by Crippen LogP contribution is -2.21. The Morgan fingerprint density at radius 3 is 0.941 bits per heavy atom. The Morgan fingerprint density at radius 1 is 0.647 bits per heavy atom. The minimum atomic E-state index is 0. The van der Waals surface area contributed by atoms with Crippen LogP contribution in [0.1, 0.15) is 14.9 Å². The van der Waals surface area contributed by atoms with Gasteiger partial charge in [0.05, 0.1) is 13.5 Å². The van der Waals surface area contributed by atoms with Crippen LogP contribution in [0.25, 0.3) is 0 Å². The zero-order valence-corrected chi connectivity index (χ0v) is 10.9. The van der Waals surface area contributed by atoms with Crippen LogP contribution in [0.15, 0.2) is 0 Å². The van der Waals surface area contributed by atoms with Crippen LogP contribution in [0.2, 0.25) is 0 Å². The van der Waals surface area contributed by atoms with Crippen LogP contribution in [0, 0.1) is 0 Å². The van der Waals surface area contributed by atoms with Crippen LogP contribution in [0.5, 0.6) is 0 Å². The highest BCUT2D eigenvalue weighted by atomic mass is 16.5. The molecule has 0 amide bonds. The van der Waals surface area contributed by atoms with Crippen molar-refractivity contribution < 1.29 is 9.47 Å². The summed E-state index contributed by atoms with van der Waals surface area (Å²) in [5.74, 6) is 0. The number of ether oxygens (including phenoxy) is 2. The average molecular weight is 256 g/mol. The van der Waals surface area contributed by atoms with Crippen molar-refractivity contribution in [3.05, 3.63) is 0 Å². The Balaban J connectivity index is -0.0000000400. The topological polar surface area (TPSA) is 66.6 Å². The summed E-state index contributed by atoms with van der Waals surface area (Å²) in [4.78, 5) is 0. The third kappa shape index (κ3) is 89.9.